The number of amides is 3. The lowest BCUT2D eigenvalue weighted by Crippen LogP contribution is -2.53. The third-order valence-electron chi connectivity index (χ3n) is 5.27. The molecule has 29 heavy (non-hydrogen) atoms. The smallest absolute Gasteiger partial charge is 0.287 e. The van der Waals surface area contributed by atoms with Crippen molar-refractivity contribution >= 4 is 29.6 Å². The number of hydrogen-bond acceptors (Lipinski definition) is 4. The van der Waals surface area contributed by atoms with Crippen LogP contribution in [0.15, 0.2) is 36.4 Å². The van der Waals surface area contributed by atoms with Gasteiger partial charge < -0.3 is 16.4 Å². The standard InChI is InChI=1S/C22H27N3O4/c23-21(28)20(27)17(12-15-6-7-15)25-22(29)18(13-16-8-9-16)24-19(26)11-10-14-4-2-1-3-5-14/h1-5,10-11,15-18H,6-9,12-13H2,(H2,23,28)(H,24,26)(H,25,29)/b11-10+/t17?,18-/m0/s1. The molecule has 0 aromatic heterocycles. The van der Waals surface area contributed by atoms with Gasteiger partial charge in [-0.3, -0.25) is 19.2 Å². The number of primary amides is 1. The molecule has 0 aliphatic heterocycles. The van der Waals surface area contributed by atoms with Crippen LogP contribution < -0.4 is 16.4 Å². The second kappa shape index (κ2) is 9.49. The molecule has 4 N–H and O–H groups in total. The maximum Gasteiger partial charge on any atom is 0.287 e. The van der Waals surface area contributed by atoms with Gasteiger partial charge in [0, 0.05) is 6.08 Å². The van der Waals surface area contributed by atoms with E-state index < -0.39 is 29.7 Å². The van der Waals surface area contributed by atoms with Crippen LogP contribution in [0.1, 0.15) is 44.1 Å². The van der Waals surface area contributed by atoms with Crippen molar-refractivity contribution in [3.8, 4) is 0 Å². The van der Waals surface area contributed by atoms with Crippen LogP contribution in [0.2, 0.25) is 0 Å². The minimum Gasteiger partial charge on any atom is -0.363 e. The van der Waals surface area contributed by atoms with Crippen LogP contribution in [-0.2, 0) is 19.2 Å². The summed E-state index contributed by atoms with van der Waals surface area (Å²) in [6.07, 6.45) is 7.97. The number of nitrogens with one attached hydrogen (secondary N) is 2. The highest BCUT2D eigenvalue weighted by atomic mass is 16.2. The van der Waals surface area contributed by atoms with Crippen molar-refractivity contribution in [2.24, 2.45) is 17.6 Å². The Hall–Kier alpha value is -2.96. The van der Waals surface area contributed by atoms with E-state index >= 15 is 0 Å². The van der Waals surface area contributed by atoms with Crippen LogP contribution in [0.5, 0.6) is 0 Å². The summed E-state index contributed by atoms with van der Waals surface area (Å²) in [6.45, 7) is 0. The third kappa shape index (κ3) is 6.85. The Morgan fingerprint density at radius 3 is 2.07 bits per heavy atom. The number of benzene rings is 1. The predicted octanol–water partition coefficient (Wildman–Crippen LogP) is 1.32. The Balaban J connectivity index is 1.62. The predicted molar refractivity (Wildman–Crippen MR) is 108 cm³/mol. The molecule has 2 atom stereocenters. The van der Waals surface area contributed by atoms with Crippen molar-refractivity contribution in [3.63, 3.8) is 0 Å². The molecule has 0 saturated heterocycles. The normalized spacial score (nSPS) is 18.1. The van der Waals surface area contributed by atoms with Gasteiger partial charge in [-0.1, -0.05) is 56.0 Å². The van der Waals surface area contributed by atoms with E-state index in [1.807, 2.05) is 30.3 Å². The Morgan fingerprint density at radius 2 is 1.52 bits per heavy atom. The average Bonchev–Trinajstić information content (AvgIpc) is 3.61. The first-order chi connectivity index (χ1) is 13.9. The van der Waals surface area contributed by atoms with E-state index in [1.165, 1.54) is 6.08 Å². The molecular weight excluding hydrogens is 370 g/mol. The summed E-state index contributed by atoms with van der Waals surface area (Å²) in [7, 11) is 0. The highest BCUT2D eigenvalue weighted by Crippen LogP contribution is 2.35. The van der Waals surface area contributed by atoms with E-state index in [9.17, 15) is 19.2 Å². The molecule has 0 bridgehead atoms. The zero-order valence-corrected chi connectivity index (χ0v) is 16.3. The van der Waals surface area contributed by atoms with Gasteiger partial charge in [0.1, 0.15) is 6.04 Å². The van der Waals surface area contributed by atoms with Crippen molar-refractivity contribution in [1.29, 1.82) is 0 Å². The third-order valence-corrected chi connectivity index (χ3v) is 5.27. The Morgan fingerprint density at radius 1 is 0.931 bits per heavy atom. The molecule has 3 rings (SSSR count). The maximum absolute atomic E-state index is 12.8. The molecule has 1 aromatic carbocycles. The molecule has 0 heterocycles. The maximum atomic E-state index is 12.8. The number of rotatable bonds is 11. The van der Waals surface area contributed by atoms with Crippen molar-refractivity contribution in [1.82, 2.24) is 10.6 Å². The molecule has 7 heteroatoms. The molecule has 2 saturated carbocycles. The van der Waals surface area contributed by atoms with Gasteiger partial charge in [0.25, 0.3) is 5.91 Å². The van der Waals surface area contributed by atoms with E-state index in [0.717, 1.165) is 31.2 Å². The molecule has 2 aliphatic rings. The molecule has 1 unspecified atom stereocenters. The van der Waals surface area contributed by atoms with E-state index in [1.54, 1.807) is 6.08 Å². The summed E-state index contributed by atoms with van der Waals surface area (Å²) in [4.78, 5) is 48.5. The summed E-state index contributed by atoms with van der Waals surface area (Å²) in [5.41, 5.74) is 6.01. The number of nitrogens with two attached hydrogens (primary N) is 1. The first-order valence-electron chi connectivity index (χ1n) is 10.1. The van der Waals surface area contributed by atoms with E-state index in [-0.39, 0.29) is 5.91 Å². The quantitative estimate of drug-likeness (QED) is 0.385. The topological polar surface area (TPSA) is 118 Å². The molecule has 2 aliphatic carbocycles. The summed E-state index contributed by atoms with van der Waals surface area (Å²) >= 11 is 0. The fourth-order valence-electron chi connectivity index (χ4n) is 3.24. The lowest BCUT2D eigenvalue weighted by Gasteiger charge is -2.22. The first-order valence-corrected chi connectivity index (χ1v) is 10.1. The van der Waals surface area contributed by atoms with Gasteiger partial charge in [-0.15, -0.1) is 0 Å². The molecule has 0 radical (unpaired) electrons. The van der Waals surface area contributed by atoms with Gasteiger partial charge in [-0.05, 0) is 36.3 Å². The van der Waals surface area contributed by atoms with E-state index in [2.05, 4.69) is 10.6 Å². The summed E-state index contributed by atoms with van der Waals surface area (Å²) in [5.74, 6) is -1.95. The fraction of sp³-hybridized carbons (Fsp3) is 0.455. The average molecular weight is 397 g/mol. The van der Waals surface area contributed by atoms with Gasteiger partial charge >= 0.3 is 0 Å². The molecular formula is C22H27N3O4. The van der Waals surface area contributed by atoms with Gasteiger partial charge in [0.2, 0.25) is 17.6 Å². The van der Waals surface area contributed by atoms with Crippen LogP contribution in [0.4, 0.5) is 0 Å². The number of ketones is 1. The minimum atomic E-state index is -1.05. The number of carbonyl (C=O) groups excluding carboxylic acids is 4. The Bertz CT molecular complexity index is 798. The van der Waals surface area contributed by atoms with Crippen LogP contribution in [0.25, 0.3) is 6.08 Å². The van der Waals surface area contributed by atoms with Gasteiger partial charge in [0.15, 0.2) is 0 Å². The van der Waals surface area contributed by atoms with Crippen molar-refractivity contribution in [2.45, 2.75) is 50.6 Å². The second-order valence-corrected chi connectivity index (χ2v) is 7.95. The number of Topliss-reactive ketones (excluding diaryl/α,β-unsaturated/α-hetero) is 1. The van der Waals surface area contributed by atoms with Crippen LogP contribution in [-0.4, -0.2) is 35.6 Å². The molecule has 1 aromatic rings. The zero-order valence-electron chi connectivity index (χ0n) is 16.3. The van der Waals surface area contributed by atoms with Gasteiger partial charge in [-0.25, -0.2) is 0 Å². The highest BCUT2D eigenvalue weighted by molar-refractivity contribution is 6.37. The Labute approximate surface area is 170 Å². The molecule has 2 fully saturated rings. The first kappa shape index (κ1) is 20.8. The Kier molecular flexibility index (Phi) is 6.80. The molecule has 7 nitrogen and oxygen atoms in total. The van der Waals surface area contributed by atoms with Crippen LogP contribution >= 0.6 is 0 Å². The van der Waals surface area contributed by atoms with E-state index in [4.69, 9.17) is 5.73 Å². The molecule has 154 valence electrons. The highest BCUT2D eigenvalue weighted by Gasteiger charge is 2.35. The second-order valence-electron chi connectivity index (χ2n) is 7.95. The van der Waals surface area contributed by atoms with Crippen molar-refractivity contribution in [2.75, 3.05) is 0 Å². The van der Waals surface area contributed by atoms with Gasteiger partial charge in [0.05, 0.1) is 6.04 Å². The summed E-state index contributed by atoms with van der Waals surface area (Å²) < 4.78 is 0. The zero-order chi connectivity index (χ0) is 20.8. The minimum absolute atomic E-state index is 0.328. The summed E-state index contributed by atoms with van der Waals surface area (Å²) in [5, 5.41) is 5.39. The fourth-order valence-corrected chi connectivity index (χ4v) is 3.24. The summed E-state index contributed by atoms with van der Waals surface area (Å²) in [6, 6.07) is 7.70. The molecule has 3 amide bonds. The lowest BCUT2D eigenvalue weighted by atomic mass is 10.0. The SMILES string of the molecule is NC(=O)C(=O)C(CC1CC1)NC(=O)[C@H](CC1CC1)NC(=O)/C=C/c1ccccc1. The monoisotopic (exact) mass is 397 g/mol. The van der Waals surface area contributed by atoms with E-state index in [0.29, 0.717) is 24.7 Å². The van der Waals surface area contributed by atoms with Crippen LogP contribution in [0.3, 0.4) is 0 Å². The number of hydrogen-bond donors (Lipinski definition) is 3. The molecule has 0 spiro atoms. The van der Waals surface area contributed by atoms with Crippen molar-refractivity contribution < 1.29 is 19.2 Å². The van der Waals surface area contributed by atoms with Crippen molar-refractivity contribution in [3.05, 3.63) is 42.0 Å². The largest absolute Gasteiger partial charge is 0.363 e. The number of carbonyl (C=O) groups is 4. The van der Waals surface area contributed by atoms with Gasteiger partial charge in [-0.2, -0.15) is 0 Å². The van der Waals surface area contributed by atoms with Crippen LogP contribution in [0, 0.1) is 11.8 Å². The lowest BCUT2D eigenvalue weighted by molar-refractivity contribution is -0.139.